The van der Waals surface area contributed by atoms with Crippen molar-refractivity contribution in [3.05, 3.63) is 65.0 Å². The van der Waals surface area contributed by atoms with Crippen LogP contribution in [0.15, 0.2) is 52.7 Å². The maximum absolute atomic E-state index is 13.9. The number of sulfonamides is 1. The summed E-state index contributed by atoms with van der Waals surface area (Å²) in [4.78, 5) is 16.7. The zero-order valence-electron chi connectivity index (χ0n) is 16.2. The summed E-state index contributed by atoms with van der Waals surface area (Å²) < 4.78 is 53.6. The zero-order chi connectivity index (χ0) is 21.9. The van der Waals surface area contributed by atoms with Crippen LogP contribution in [0.5, 0.6) is 0 Å². The van der Waals surface area contributed by atoms with Crippen LogP contribution in [-0.2, 0) is 10.0 Å². The molecule has 0 aliphatic heterocycles. The number of benzene rings is 2. The van der Waals surface area contributed by atoms with Gasteiger partial charge >= 0.3 is 0 Å². The fourth-order valence-corrected chi connectivity index (χ4v) is 4.97. The lowest BCUT2D eigenvalue weighted by molar-refractivity contribution is 0.102. The van der Waals surface area contributed by atoms with Gasteiger partial charge in [-0.3, -0.25) is 10.1 Å². The van der Waals surface area contributed by atoms with E-state index in [4.69, 9.17) is 0 Å². The van der Waals surface area contributed by atoms with Crippen LogP contribution >= 0.6 is 11.3 Å². The summed E-state index contributed by atoms with van der Waals surface area (Å²) in [6, 6.07) is 8.62. The highest BCUT2D eigenvalue weighted by atomic mass is 32.2. The van der Waals surface area contributed by atoms with Crippen LogP contribution in [0.25, 0.3) is 11.3 Å². The molecule has 2 aromatic carbocycles. The van der Waals surface area contributed by atoms with Gasteiger partial charge in [0.2, 0.25) is 10.0 Å². The Kier molecular flexibility index (Phi) is 6.59. The third-order valence-corrected chi connectivity index (χ3v) is 7.21. The molecule has 10 heteroatoms. The zero-order valence-corrected chi connectivity index (χ0v) is 17.9. The highest BCUT2D eigenvalue weighted by Gasteiger charge is 2.22. The lowest BCUT2D eigenvalue weighted by Gasteiger charge is -2.18. The summed E-state index contributed by atoms with van der Waals surface area (Å²) in [5, 5.41) is 4.29. The molecular formula is C20H19F2N3O3S2. The van der Waals surface area contributed by atoms with E-state index >= 15 is 0 Å². The molecule has 158 valence electrons. The van der Waals surface area contributed by atoms with E-state index in [2.05, 4.69) is 10.3 Å². The van der Waals surface area contributed by atoms with E-state index in [1.54, 1.807) is 13.8 Å². The van der Waals surface area contributed by atoms with Gasteiger partial charge in [0, 0.05) is 29.6 Å². The molecule has 0 spiro atoms. The summed E-state index contributed by atoms with van der Waals surface area (Å²) in [6.45, 7) is 4.19. The molecule has 0 atom stereocenters. The molecule has 0 fully saturated rings. The maximum atomic E-state index is 13.9. The van der Waals surface area contributed by atoms with Crippen LogP contribution in [0.2, 0.25) is 0 Å². The van der Waals surface area contributed by atoms with Crippen molar-refractivity contribution in [2.24, 2.45) is 0 Å². The van der Waals surface area contributed by atoms with Crippen molar-refractivity contribution >= 4 is 32.4 Å². The average molecular weight is 452 g/mol. The number of hydrogen-bond acceptors (Lipinski definition) is 5. The summed E-state index contributed by atoms with van der Waals surface area (Å²) in [5.74, 6) is -1.71. The van der Waals surface area contributed by atoms with Crippen molar-refractivity contribution in [1.29, 1.82) is 0 Å². The number of halogens is 2. The number of nitrogens with zero attached hydrogens (tertiary/aromatic N) is 2. The van der Waals surface area contributed by atoms with Gasteiger partial charge < -0.3 is 0 Å². The van der Waals surface area contributed by atoms with E-state index in [1.807, 2.05) is 0 Å². The van der Waals surface area contributed by atoms with Crippen LogP contribution in [0.3, 0.4) is 0 Å². The van der Waals surface area contributed by atoms with Crippen LogP contribution in [-0.4, -0.2) is 36.7 Å². The largest absolute Gasteiger partial charge is 0.298 e. The van der Waals surface area contributed by atoms with Crippen LogP contribution in [0.1, 0.15) is 24.2 Å². The average Bonchev–Trinajstić information content (AvgIpc) is 3.18. The van der Waals surface area contributed by atoms with E-state index in [1.165, 1.54) is 34.0 Å². The van der Waals surface area contributed by atoms with Crippen LogP contribution < -0.4 is 5.32 Å². The van der Waals surface area contributed by atoms with Crippen LogP contribution in [0.4, 0.5) is 13.9 Å². The van der Waals surface area contributed by atoms with Gasteiger partial charge in [0.05, 0.1) is 10.6 Å². The fraction of sp³-hybridized carbons (Fsp3) is 0.200. The first-order valence-electron chi connectivity index (χ1n) is 9.08. The lowest BCUT2D eigenvalue weighted by atomic mass is 10.1. The number of carbonyl (C=O) groups excluding carboxylic acids is 1. The van der Waals surface area contributed by atoms with Crippen molar-refractivity contribution in [3.8, 4) is 11.3 Å². The van der Waals surface area contributed by atoms with Gasteiger partial charge in [-0.25, -0.2) is 22.2 Å². The number of hydrogen-bond donors (Lipinski definition) is 1. The minimum atomic E-state index is -3.61. The number of nitrogens with one attached hydrogen (secondary N) is 1. The molecule has 0 saturated carbocycles. The molecule has 3 aromatic rings. The van der Waals surface area contributed by atoms with Gasteiger partial charge in [0.25, 0.3) is 5.91 Å². The van der Waals surface area contributed by atoms with Gasteiger partial charge in [0.15, 0.2) is 5.13 Å². The first-order chi connectivity index (χ1) is 14.3. The second-order valence-electron chi connectivity index (χ2n) is 6.23. The lowest BCUT2D eigenvalue weighted by Crippen LogP contribution is -2.30. The molecule has 6 nitrogen and oxygen atoms in total. The number of rotatable bonds is 7. The summed E-state index contributed by atoms with van der Waals surface area (Å²) >= 11 is 1.06. The summed E-state index contributed by atoms with van der Waals surface area (Å²) in [5.41, 5.74) is 0.438. The Labute approximate surface area is 177 Å². The number of aromatic nitrogens is 1. The first-order valence-corrected chi connectivity index (χ1v) is 11.4. The summed E-state index contributed by atoms with van der Waals surface area (Å²) in [7, 11) is -3.61. The Hall–Kier alpha value is -2.69. The quantitative estimate of drug-likeness (QED) is 0.579. The van der Waals surface area contributed by atoms with Crippen molar-refractivity contribution in [1.82, 2.24) is 9.29 Å². The molecule has 0 bridgehead atoms. The summed E-state index contributed by atoms with van der Waals surface area (Å²) in [6.07, 6.45) is 0. The van der Waals surface area contributed by atoms with Crippen molar-refractivity contribution in [2.45, 2.75) is 18.7 Å². The highest BCUT2D eigenvalue weighted by Crippen LogP contribution is 2.28. The molecule has 1 amide bonds. The number of thiazole rings is 1. The van der Waals surface area contributed by atoms with Gasteiger partial charge in [0.1, 0.15) is 11.6 Å². The molecule has 0 aliphatic rings. The van der Waals surface area contributed by atoms with Crippen molar-refractivity contribution < 1.29 is 22.0 Å². The van der Waals surface area contributed by atoms with Crippen LogP contribution in [0, 0.1) is 11.6 Å². The van der Waals surface area contributed by atoms with Crippen molar-refractivity contribution in [3.63, 3.8) is 0 Å². The number of anilines is 1. The van der Waals surface area contributed by atoms with Gasteiger partial charge in [-0.1, -0.05) is 13.8 Å². The molecule has 3 rings (SSSR count). The minimum absolute atomic E-state index is 0.00212. The molecule has 30 heavy (non-hydrogen) atoms. The topological polar surface area (TPSA) is 79.4 Å². The standard InChI is InChI=1S/C20H19F2N3O3S2/c1-3-25(4-2)30(27,28)15-8-5-13(6-9-15)19(26)24-20-23-18(12-29-20)16-11-14(21)7-10-17(16)22/h5-12H,3-4H2,1-2H3,(H,23,24,26). The van der Waals surface area contributed by atoms with E-state index in [0.29, 0.717) is 13.1 Å². The Morgan fingerprint density at radius 3 is 2.40 bits per heavy atom. The highest BCUT2D eigenvalue weighted by molar-refractivity contribution is 7.89. The Morgan fingerprint density at radius 2 is 1.77 bits per heavy atom. The fourth-order valence-electron chi connectivity index (χ4n) is 2.81. The van der Waals surface area contributed by atoms with E-state index in [0.717, 1.165) is 29.5 Å². The molecule has 0 aliphatic carbocycles. The Bertz CT molecular complexity index is 1160. The molecule has 1 N–H and O–H groups in total. The predicted octanol–water partition coefficient (Wildman–Crippen LogP) is 4.37. The Balaban J connectivity index is 1.76. The molecule has 1 aromatic heterocycles. The van der Waals surface area contributed by atoms with Crippen molar-refractivity contribution in [2.75, 3.05) is 18.4 Å². The maximum Gasteiger partial charge on any atom is 0.257 e. The molecule has 1 heterocycles. The van der Waals surface area contributed by atoms with E-state index in [-0.39, 0.29) is 26.8 Å². The monoisotopic (exact) mass is 451 g/mol. The van der Waals surface area contributed by atoms with Gasteiger partial charge in [-0.15, -0.1) is 11.3 Å². The SMILES string of the molecule is CCN(CC)S(=O)(=O)c1ccc(C(=O)Nc2nc(-c3cc(F)ccc3F)cs2)cc1. The third-order valence-electron chi connectivity index (χ3n) is 4.39. The minimum Gasteiger partial charge on any atom is -0.298 e. The van der Waals surface area contributed by atoms with E-state index < -0.39 is 27.6 Å². The van der Waals surface area contributed by atoms with Gasteiger partial charge in [-0.05, 0) is 42.5 Å². The van der Waals surface area contributed by atoms with E-state index in [9.17, 15) is 22.0 Å². The van der Waals surface area contributed by atoms with Gasteiger partial charge in [-0.2, -0.15) is 4.31 Å². The number of amides is 1. The smallest absolute Gasteiger partial charge is 0.257 e. The number of carbonyl (C=O) groups is 1. The predicted molar refractivity (Wildman–Crippen MR) is 112 cm³/mol. The molecule has 0 saturated heterocycles. The second-order valence-corrected chi connectivity index (χ2v) is 9.03. The molecule has 0 radical (unpaired) electrons. The molecule has 0 unspecified atom stereocenters. The Morgan fingerprint density at radius 1 is 1.10 bits per heavy atom. The second kappa shape index (κ2) is 8.99. The molecular weight excluding hydrogens is 432 g/mol. The first kappa shape index (κ1) is 22.0. The normalized spacial score (nSPS) is 11.6. The third kappa shape index (κ3) is 4.55.